The minimum absolute atomic E-state index is 0.0704. The third-order valence-corrected chi connectivity index (χ3v) is 6.68. The van der Waals surface area contributed by atoms with Gasteiger partial charge in [-0.05, 0) is 18.2 Å². The van der Waals surface area contributed by atoms with Crippen LogP contribution in [0.2, 0.25) is 10.0 Å². The molecule has 0 saturated heterocycles. The number of methoxy groups -OCH3 is 1. The molecular formula is C20H15Cl2FN6O4S. The average molecular weight is 525 g/mol. The van der Waals surface area contributed by atoms with Crippen LogP contribution >= 0.6 is 23.2 Å². The van der Waals surface area contributed by atoms with Crippen LogP contribution in [-0.4, -0.2) is 47.8 Å². The third kappa shape index (κ3) is 4.22. The van der Waals surface area contributed by atoms with Gasteiger partial charge in [-0.25, -0.2) is 22.8 Å². The van der Waals surface area contributed by atoms with Gasteiger partial charge in [0.2, 0.25) is 5.88 Å². The van der Waals surface area contributed by atoms with Gasteiger partial charge in [0.05, 0.1) is 45.8 Å². The van der Waals surface area contributed by atoms with Crippen LogP contribution in [0, 0.1) is 5.82 Å². The fraction of sp³-hybridized carbons (Fsp3) is 0.100. The Morgan fingerprint density at radius 3 is 2.65 bits per heavy atom. The van der Waals surface area contributed by atoms with E-state index in [0.717, 1.165) is 12.1 Å². The molecule has 0 radical (unpaired) electrons. The van der Waals surface area contributed by atoms with Gasteiger partial charge in [-0.1, -0.05) is 23.2 Å². The zero-order valence-electron chi connectivity index (χ0n) is 17.5. The number of carbonyl (C=O) groups excluding carboxylic acids is 1. The normalized spacial score (nSPS) is 11.4. The molecule has 0 bridgehead atoms. The number of pyridine rings is 1. The lowest BCUT2D eigenvalue weighted by atomic mass is 10.1. The van der Waals surface area contributed by atoms with E-state index in [1.807, 2.05) is 0 Å². The first-order chi connectivity index (χ1) is 16.2. The number of anilines is 1. The van der Waals surface area contributed by atoms with Gasteiger partial charge in [0, 0.05) is 19.4 Å². The number of rotatable bonds is 6. The Hall–Kier alpha value is -3.48. The molecule has 0 spiro atoms. The highest BCUT2D eigenvalue weighted by atomic mass is 35.5. The Balaban J connectivity index is 1.78. The Morgan fingerprint density at radius 2 is 1.94 bits per heavy atom. The number of sulfonamides is 1. The van der Waals surface area contributed by atoms with Crippen molar-refractivity contribution in [3.8, 4) is 17.1 Å². The van der Waals surface area contributed by atoms with E-state index < -0.39 is 21.7 Å². The number of halogens is 3. The molecule has 176 valence electrons. The number of aromatic nitrogens is 4. The van der Waals surface area contributed by atoms with Crippen molar-refractivity contribution in [1.29, 1.82) is 0 Å². The van der Waals surface area contributed by atoms with Gasteiger partial charge in [0.15, 0.2) is 10.6 Å². The molecule has 0 atom stereocenters. The summed E-state index contributed by atoms with van der Waals surface area (Å²) in [7, 11) is -1.55. The smallest absolute Gasteiger partial charge is 0.271 e. The molecule has 0 fully saturated rings. The Labute approximate surface area is 202 Å². The topological polar surface area (TPSA) is 128 Å². The maximum atomic E-state index is 14.8. The van der Waals surface area contributed by atoms with Crippen molar-refractivity contribution in [3.05, 3.63) is 64.7 Å². The summed E-state index contributed by atoms with van der Waals surface area (Å²) >= 11 is 12.3. The van der Waals surface area contributed by atoms with E-state index in [9.17, 15) is 17.6 Å². The molecule has 0 aliphatic carbocycles. The first-order valence-electron chi connectivity index (χ1n) is 9.41. The summed E-state index contributed by atoms with van der Waals surface area (Å²) in [6.45, 7) is 0. The predicted molar refractivity (Wildman–Crippen MR) is 123 cm³/mol. The van der Waals surface area contributed by atoms with E-state index in [1.165, 1.54) is 49.5 Å². The fourth-order valence-electron chi connectivity index (χ4n) is 3.14. The molecule has 3 heterocycles. The van der Waals surface area contributed by atoms with Crippen molar-refractivity contribution in [2.45, 2.75) is 4.90 Å². The minimum atomic E-state index is -4.27. The molecule has 0 aliphatic rings. The molecule has 0 aliphatic heterocycles. The number of carbonyl (C=O) groups is 1. The molecule has 0 unspecified atom stereocenters. The number of hydrogen-bond donors (Lipinski definition) is 2. The maximum Gasteiger partial charge on any atom is 0.271 e. The number of amides is 1. The Kier molecular flexibility index (Phi) is 6.30. The average Bonchev–Trinajstić information content (AvgIpc) is 3.24. The van der Waals surface area contributed by atoms with Gasteiger partial charge in [-0.2, -0.15) is 0 Å². The number of ether oxygens (including phenoxy) is 1. The minimum Gasteiger partial charge on any atom is -0.480 e. The number of imidazole rings is 1. The van der Waals surface area contributed by atoms with Gasteiger partial charge >= 0.3 is 0 Å². The number of nitrogens with one attached hydrogen (secondary N) is 2. The summed E-state index contributed by atoms with van der Waals surface area (Å²) < 4.78 is 49.5. The van der Waals surface area contributed by atoms with Crippen LogP contribution < -0.4 is 14.8 Å². The van der Waals surface area contributed by atoms with E-state index in [-0.39, 0.29) is 43.5 Å². The van der Waals surface area contributed by atoms with Crippen molar-refractivity contribution in [2.75, 3.05) is 18.9 Å². The second-order valence-corrected chi connectivity index (χ2v) is 9.25. The lowest BCUT2D eigenvalue weighted by molar-refractivity contribution is 0.0960. The van der Waals surface area contributed by atoms with Gasteiger partial charge in [0.25, 0.3) is 15.9 Å². The van der Waals surface area contributed by atoms with Crippen LogP contribution in [0.25, 0.3) is 16.8 Å². The number of hydrogen-bond acceptors (Lipinski definition) is 7. The lowest BCUT2D eigenvalue weighted by Crippen LogP contribution is -2.18. The van der Waals surface area contributed by atoms with Crippen molar-refractivity contribution < 1.29 is 22.3 Å². The van der Waals surface area contributed by atoms with E-state index >= 15 is 0 Å². The van der Waals surface area contributed by atoms with Crippen molar-refractivity contribution in [1.82, 2.24) is 24.7 Å². The molecule has 4 rings (SSSR count). The molecule has 3 aromatic heterocycles. The summed E-state index contributed by atoms with van der Waals surface area (Å²) in [6, 6.07) is 3.37. The van der Waals surface area contributed by atoms with Gasteiger partial charge in [-0.15, -0.1) is 0 Å². The summed E-state index contributed by atoms with van der Waals surface area (Å²) in [4.78, 5) is 23.7. The molecule has 14 heteroatoms. The van der Waals surface area contributed by atoms with Crippen LogP contribution in [0.4, 0.5) is 10.1 Å². The van der Waals surface area contributed by atoms with Gasteiger partial charge < -0.3 is 14.5 Å². The molecule has 1 aromatic carbocycles. The fourth-order valence-corrected chi connectivity index (χ4v) is 4.93. The predicted octanol–water partition coefficient (Wildman–Crippen LogP) is 3.41. The monoisotopic (exact) mass is 524 g/mol. The highest BCUT2D eigenvalue weighted by Gasteiger charge is 2.25. The van der Waals surface area contributed by atoms with Crippen molar-refractivity contribution in [3.63, 3.8) is 0 Å². The second-order valence-electron chi connectivity index (χ2n) is 6.79. The van der Waals surface area contributed by atoms with Crippen LogP contribution in [0.15, 0.2) is 48.0 Å². The SMILES string of the molecule is CNC(=O)c1ncn2cc(-c3c(F)ccc(NS(=O)(=O)c4cc(Cl)cnc4OC)c3Cl)ncc12. The zero-order valence-corrected chi connectivity index (χ0v) is 19.8. The van der Waals surface area contributed by atoms with Crippen LogP contribution in [0.5, 0.6) is 5.88 Å². The number of nitrogens with zero attached hydrogens (tertiary/aromatic N) is 4. The molecule has 2 N–H and O–H groups in total. The largest absolute Gasteiger partial charge is 0.480 e. The van der Waals surface area contributed by atoms with Crippen molar-refractivity contribution >= 4 is 50.3 Å². The van der Waals surface area contributed by atoms with E-state index in [1.54, 1.807) is 0 Å². The van der Waals surface area contributed by atoms with Gasteiger partial charge in [0.1, 0.15) is 12.1 Å². The Bertz CT molecular complexity index is 1540. The van der Waals surface area contributed by atoms with Crippen LogP contribution in [0.3, 0.4) is 0 Å². The first-order valence-corrected chi connectivity index (χ1v) is 11.7. The third-order valence-electron chi connectivity index (χ3n) is 4.72. The summed E-state index contributed by atoms with van der Waals surface area (Å²) in [5.41, 5.74) is 0.337. The second kappa shape index (κ2) is 9.05. The summed E-state index contributed by atoms with van der Waals surface area (Å²) in [6.07, 6.45) is 5.35. The highest BCUT2D eigenvalue weighted by molar-refractivity contribution is 7.92. The Morgan fingerprint density at radius 1 is 1.18 bits per heavy atom. The van der Waals surface area contributed by atoms with Crippen molar-refractivity contribution in [2.24, 2.45) is 0 Å². The summed E-state index contributed by atoms with van der Waals surface area (Å²) in [5, 5.41) is 2.30. The first kappa shape index (κ1) is 23.7. The molecule has 1 amide bonds. The molecular weight excluding hydrogens is 510 g/mol. The maximum absolute atomic E-state index is 14.8. The zero-order chi connectivity index (χ0) is 24.6. The highest BCUT2D eigenvalue weighted by Crippen LogP contribution is 2.37. The van der Waals surface area contributed by atoms with Crippen LogP contribution in [-0.2, 0) is 10.0 Å². The van der Waals surface area contributed by atoms with E-state index in [0.29, 0.717) is 5.52 Å². The molecule has 10 nitrogen and oxygen atoms in total. The molecule has 34 heavy (non-hydrogen) atoms. The standard InChI is InChI=1S/C20H15Cl2FN6O4S/c1-24-19(30)18-14-7-25-13(8-29(14)9-27-18)16-11(23)3-4-12(17(16)22)28-34(31,32)15-5-10(21)6-26-20(15)33-2/h3-9,28H,1-2H3,(H,24,30). The van der Waals surface area contributed by atoms with E-state index in [2.05, 4.69) is 25.0 Å². The molecule has 4 aromatic rings. The quantitative estimate of drug-likeness (QED) is 0.395. The van der Waals surface area contributed by atoms with Gasteiger partial charge in [-0.3, -0.25) is 14.5 Å². The number of benzene rings is 1. The molecule has 0 saturated carbocycles. The summed E-state index contributed by atoms with van der Waals surface area (Å²) in [5.74, 6) is -1.34. The van der Waals surface area contributed by atoms with Crippen LogP contribution in [0.1, 0.15) is 10.5 Å². The number of fused-ring (bicyclic) bond motifs is 1. The lowest BCUT2D eigenvalue weighted by Gasteiger charge is -2.14. The van der Waals surface area contributed by atoms with E-state index in [4.69, 9.17) is 27.9 Å².